The van der Waals surface area contributed by atoms with Gasteiger partial charge < -0.3 is 13.9 Å². The molecule has 0 aliphatic rings. The van der Waals surface area contributed by atoms with E-state index in [1.807, 2.05) is 0 Å². The van der Waals surface area contributed by atoms with Gasteiger partial charge in [0.1, 0.15) is 27.9 Å². The highest BCUT2D eigenvalue weighted by Crippen LogP contribution is 2.32. The van der Waals surface area contributed by atoms with E-state index in [4.69, 9.17) is 13.9 Å². The van der Waals surface area contributed by atoms with Crippen molar-refractivity contribution in [2.75, 3.05) is 14.2 Å². The first-order valence-corrected chi connectivity index (χ1v) is 6.98. The molecular formula is C13H15NO4S. The second kappa shape index (κ2) is 5.88. The molecule has 6 heteroatoms. The van der Waals surface area contributed by atoms with Gasteiger partial charge in [0.15, 0.2) is 0 Å². The number of nitrogens with zero attached hydrogens (tertiary/aromatic N) is 1. The summed E-state index contributed by atoms with van der Waals surface area (Å²) in [4.78, 5) is 4.57. The zero-order valence-corrected chi connectivity index (χ0v) is 11.8. The number of rotatable bonds is 5. The highest BCUT2D eigenvalue weighted by Gasteiger charge is 2.18. The summed E-state index contributed by atoms with van der Waals surface area (Å²) in [5.41, 5.74) is 0. The third-order valence-electron chi connectivity index (χ3n) is 2.53. The van der Waals surface area contributed by atoms with E-state index in [9.17, 15) is 4.21 Å². The predicted octanol–water partition coefficient (Wildman–Crippen LogP) is 2.31. The smallest absolute Gasteiger partial charge is 0.207 e. The number of ether oxygens (including phenoxy) is 2. The van der Waals surface area contributed by atoms with E-state index in [0.717, 1.165) is 0 Å². The summed E-state index contributed by atoms with van der Waals surface area (Å²) in [5, 5.41) is 0. The Balaban J connectivity index is 2.32. The SMILES string of the molecule is COc1cccc(OC)c1S(=O)Cc1ncc(C)o1. The lowest BCUT2D eigenvalue weighted by molar-refractivity contribution is 0.375. The summed E-state index contributed by atoms with van der Waals surface area (Å²) < 4.78 is 28.2. The Morgan fingerprint density at radius 2 is 1.89 bits per heavy atom. The summed E-state index contributed by atoms with van der Waals surface area (Å²) in [7, 11) is 1.71. The molecule has 5 nitrogen and oxygen atoms in total. The molecule has 102 valence electrons. The minimum absolute atomic E-state index is 0.185. The van der Waals surface area contributed by atoms with Crippen molar-refractivity contribution in [3.8, 4) is 11.5 Å². The molecule has 1 aromatic carbocycles. The number of methoxy groups -OCH3 is 2. The summed E-state index contributed by atoms with van der Waals surface area (Å²) >= 11 is 0. The van der Waals surface area contributed by atoms with Crippen molar-refractivity contribution in [1.29, 1.82) is 0 Å². The Morgan fingerprint density at radius 1 is 1.26 bits per heavy atom. The van der Waals surface area contributed by atoms with Crippen molar-refractivity contribution in [3.63, 3.8) is 0 Å². The predicted molar refractivity (Wildman–Crippen MR) is 70.9 cm³/mol. The summed E-state index contributed by atoms with van der Waals surface area (Å²) in [6, 6.07) is 5.28. The van der Waals surface area contributed by atoms with E-state index in [0.29, 0.717) is 28.0 Å². The van der Waals surface area contributed by atoms with Gasteiger partial charge in [-0.1, -0.05) is 6.07 Å². The second-order valence-electron chi connectivity index (χ2n) is 3.85. The van der Waals surface area contributed by atoms with Crippen LogP contribution in [0.4, 0.5) is 0 Å². The topological polar surface area (TPSA) is 61.6 Å². The molecule has 0 radical (unpaired) electrons. The van der Waals surface area contributed by atoms with Gasteiger partial charge in [0.2, 0.25) is 5.89 Å². The van der Waals surface area contributed by atoms with Crippen molar-refractivity contribution in [2.45, 2.75) is 17.6 Å². The van der Waals surface area contributed by atoms with Crippen molar-refractivity contribution < 1.29 is 18.1 Å². The lowest BCUT2D eigenvalue weighted by atomic mass is 10.3. The highest BCUT2D eigenvalue weighted by atomic mass is 32.2. The molecule has 0 amide bonds. The Hall–Kier alpha value is -1.82. The van der Waals surface area contributed by atoms with E-state index >= 15 is 0 Å². The first-order chi connectivity index (χ1) is 9.15. The normalized spacial score (nSPS) is 12.2. The van der Waals surface area contributed by atoms with Gasteiger partial charge in [-0.05, 0) is 19.1 Å². The maximum atomic E-state index is 12.4. The molecule has 0 spiro atoms. The third-order valence-corrected chi connectivity index (χ3v) is 3.90. The number of aromatic nitrogens is 1. The maximum Gasteiger partial charge on any atom is 0.207 e. The van der Waals surface area contributed by atoms with Crippen LogP contribution in [0.5, 0.6) is 11.5 Å². The van der Waals surface area contributed by atoms with Crippen LogP contribution >= 0.6 is 0 Å². The number of oxazole rings is 1. The van der Waals surface area contributed by atoms with Gasteiger partial charge in [-0.2, -0.15) is 0 Å². The van der Waals surface area contributed by atoms with Crippen molar-refractivity contribution in [3.05, 3.63) is 36.0 Å². The van der Waals surface area contributed by atoms with E-state index < -0.39 is 10.8 Å². The van der Waals surface area contributed by atoms with Gasteiger partial charge in [-0.15, -0.1) is 0 Å². The molecule has 0 fully saturated rings. The summed E-state index contributed by atoms with van der Waals surface area (Å²) in [6.45, 7) is 1.79. The molecule has 0 saturated heterocycles. The van der Waals surface area contributed by atoms with Crippen LogP contribution in [-0.4, -0.2) is 23.4 Å². The quantitative estimate of drug-likeness (QED) is 0.841. The highest BCUT2D eigenvalue weighted by molar-refractivity contribution is 7.84. The van der Waals surface area contributed by atoms with Crippen LogP contribution in [0.15, 0.2) is 33.7 Å². The van der Waals surface area contributed by atoms with Crippen molar-refractivity contribution in [2.24, 2.45) is 0 Å². The molecule has 19 heavy (non-hydrogen) atoms. The van der Waals surface area contributed by atoms with E-state index in [1.54, 1.807) is 31.3 Å². The average molecular weight is 281 g/mol. The largest absolute Gasteiger partial charge is 0.495 e. The fraction of sp³-hybridized carbons (Fsp3) is 0.308. The fourth-order valence-electron chi connectivity index (χ4n) is 1.69. The standard InChI is InChI=1S/C13H15NO4S/c1-9-7-14-12(18-9)8-19(15)13-10(16-2)5-4-6-11(13)17-3/h4-7H,8H2,1-3H3. The monoisotopic (exact) mass is 281 g/mol. The lowest BCUT2D eigenvalue weighted by Crippen LogP contribution is -2.02. The summed E-state index contributed by atoms with van der Waals surface area (Å²) in [5.74, 6) is 2.37. The van der Waals surface area contributed by atoms with Gasteiger partial charge in [-0.25, -0.2) is 4.98 Å². The van der Waals surface area contributed by atoms with Crippen molar-refractivity contribution in [1.82, 2.24) is 4.98 Å². The number of benzene rings is 1. The van der Waals surface area contributed by atoms with Crippen LogP contribution in [0.3, 0.4) is 0 Å². The second-order valence-corrected chi connectivity index (χ2v) is 5.23. The summed E-state index contributed by atoms with van der Waals surface area (Å²) in [6.07, 6.45) is 1.60. The number of hydrogen-bond donors (Lipinski definition) is 0. The Morgan fingerprint density at radius 3 is 2.37 bits per heavy atom. The van der Waals surface area contributed by atoms with Crippen LogP contribution in [0.2, 0.25) is 0 Å². The van der Waals surface area contributed by atoms with Crippen LogP contribution < -0.4 is 9.47 Å². The van der Waals surface area contributed by atoms with Gasteiger partial charge >= 0.3 is 0 Å². The molecule has 0 saturated carbocycles. The fourth-order valence-corrected chi connectivity index (χ4v) is 2.95. The molecule has 1 aromatic heterocycles. The van der Waals surface area contributed by atoms with Gasteiger partial charge in [0.25, 0.3) is 0 Å². The van der Waals surface area contributed by atoms with Crippen LogP contribution in [-0.2, 0) is 16.6 Å². The maximum absolute atomic E-state index is 12.4. The van der Waals surface area contributed by atoms with E-state index in [1.165, 1.54) is 14.2 Å². The minimum atomic E-state index is -1.35. The lowest BCUT2D eigenvalue weighted by Gasteiger charge is -2.11. The molecule has 2 aromatic rings. The van der Waals surface area contributed by atoms with E-state index in [-0.39, 0.29) is 5.75 Å². The number of hydrogen-bond acceptors (Lipinski definition) is 5. The molecular weight excluding hydrogens is 266 g/mol. The van der Waals surface area contributed by atoms with Gasteiger partial charge in [-0.3, -0.25) is 4.21 Å². The molecule has 2 rings (SSSR count). The molecule has 0 bridgehead atoms. The van der Waals surface area contributed by atoms with Crippen LogP contribution in [0.1, 0.15) is 11.7 Å². The molecule has 1 atom stereocenters. The Kier molecular flexibility index (Phi) is 4.21. The van der Waals surface area contributed by atoms with Crippen molar-refractivity contribution >= 4 is 10.8 Å². The van der Waals surface area contributed by atoms with Gasteiger partial charge in [0, 0.05) is 0 Å². The molecule has 0 aliphatic heterocycles. The molecule has 0 aliphatic carbocycles. The molecule has 1 heterocycles. The number of aryl methyl sites for hydroxylation is 1. The van der Waals surface area contributed by atoms with Crippen LogP contribution in [0, 0.1) is 6.92 Å². The first-order valence-electron chi connectivity index (χ1n) is 5.66. The first kappa shape index (κ1) is 13.6. The molecule has 0 N–H and O–H groups in total. The van der Waals surface area contributed by atoms with Gasteiger partial charge in [0.05, 0.1) is 31.2 Å². The Bertz CT molecular complexity index is 572. The van der Waals surface area contributed by atoms with E-state index in [2.05, 4.69) is 4.98 Å². The molecule has 1 unspecified atom stereocenters. The van der Waals surface area contributed by atoms with Crippen LogP contribution in [0.25, 0.3) is 0 Å². The zero-order chi connectivity index (χ0) is 13.8. The minimum Gasteiger partial charge on any atom is -0.495 e. The average Bonchev–Trinajstić information content (AvgIpc) is 2.82. The Labute approximate surface area is 114 Å². The third kappa shape index (κ3) is 2.96. The zero-order valence-electron chi connectivity index (χ0n) is 11.0.